The third-order valence-electron chi connectivity index (χ3n) is 10.3. The molecule has 0 radical (unpaired) electrons. The summed E-state index contributed by atoms with van der Waals surface area (Å²) in [6.45, 7) is 10.8. The summed E-state index contributed by atoms with van der Waals surface area (Å²) in [5.41, 5.74) is 4.90. The second-order valence-corrected chi connectivity index (χ2v) is 14.5. The minimum atomic E-state index is -0.915. The van der Waals surface area contributed by atoms with Gasteiger partial charge in [0.15, 0.2) is 24.0 Å². The number of amides is 2. The Balaban J connectivity index is 1.46. The second-order valence-electron chi connectivity index (χ2n) is 14.5. The highest BCUT2D eigenvalue weighted by Crippen LogP contribution is 2.57. The number of hydrogen-bond acceptors (Lipinski definition) is 12. The van der Waals surface area contributed by atoms with Gasteiger partial charge in [0.2, 0.25) is 5.91 Å². The molecule has 1 saturated heterocycles. The maximum absolute atomic E-state index is 13.5. The molecule has 6 rings (SSSR count). The van der Waals surface area contributed by atoms with Crippen LogP contribution in [0.1, 0.15) is 78.7 Å². The Morgan fingerprint density at radius 2 is 1.88 bits per heavy atom. The average molecular weight is 694 g/mol. The molecular weight excluding hydrogens is 646 g/mol. The van der Waals surface area contributed by atoms with Crippen LogP contribution in [0.5, 0.6) is 23.0 Å². The van der Waals surface area contributed by atoms with Crippen molar-refractivity contribution in [2.45, 2.75) is 103 Å². The molecule has 4 aliphatic heterocycles. The lowest BCUT2D eigenvalue weighted by Crippen LogP contribution is -2.69. The number of carbonyl (C=O) groups is 2. The van der Waals surface area contributed by atoms with E-state index >= 15 is 0 Å². The lowest BCUT2D eigenvalue weighted by Gasteiger charge is -2.60. The molecule has 14 nitrogen and oxygen atoms in total. The first-order valence-electron chi connectivity index (χ1n) is 16.9. The normalized spacial score (nSPS) is 24.4. The van der Waals surface area contributed by atoms with Crippen molar-refractivity contribution >= 4 is 12.0 Å². The van der Waals surface area contributed by atoms with Gasteiger partial charge in [-0.15, -0.1) is 0 Å². The molecule has 2 aromatic rings. The maximum Gasteiger partial charge on any atom is 0.408 e. The van der Waals surface area contributed by atoms with E-state index < -0.39 is 35.7 Å². The monoisotopic (exact) mass is 693 g/mol. The van der Waals surface area contributed by atoms with Gasteiger partial charge >= 0.3 is 6.09 Å². The number of hydrogen-bond donors (Lipinski definition) is 3. The molecule has 2 unspecified atom stereocenters. The fraction of sp³-hybridized carbons (Fsp3) is 0.583. The Kier molecular flexibility index (Phi) is 9.55. The average Bonchev–Trinajstić information content (AvgIpc) is 3.54. The van der Waals surface area contributed by atoms with Crippen molar-refractivity contribution in [2.75, 3.05) is 34.6 Å². The molecule has 2 amide bonds. The van der Waals surface area contributed by atoms with Crippen molar-refractivity contribution in [2.24, 2.45) is 0 Å². The zero-order chi connectivity index (χ0) is 36.2. The number of rotatable bonds is 8. The van der Waals surface area contributed by atoms with Crippen LogP contribution in [0.2, 0.25) is 0 Å². The Morgan fingerprint density at radius 3 is 2.54 bits per heavy atom. The van der Waals surface area contributed by atoms with Crippen molar-refractivity contribution in [1.82, 2.24) is 20.4 Å². The number of methoxy groups -OCH3 is 2. The molecule has 4 aliphatic rings. The van der Waals surface area contributed by atoms with Gasteiger partial charge in [0.05, 0.1) is 25.3 Å². The fourth-order valence-electron chi connectivity index (χ4n) is 8.21. The molecule has 14 heteroatoms. The van der Waals surface area contributed by atoms with E-state index in [9.17, 15) is 20.0 Å². The van der Waals surface area contributed by atoms with Crippen LogP contribution in [-0.2, 0) is 38.6 Å². The molecule has 2 bridgehead atoms. The first-order chi connectivity index (χ1) is 23.7. The molecular formula is C36H47N5O9. The summed E-state index contributed by atoms with van der Waals surface area (Å²) in [5, 5.41) is 28.3. The fourth-order valence-corrected chi connectivity index (χ4v) is 8.21. The third-order valence-corrected chi connectivity index (χ3v) is 10.3. The highest BCUT2D eigenvalue weighted by atomic mass is 17.2. The van der Waals surface area contributed by atoms with Gasteiger partial charge in [0.1, 0.15) is 30.0 Å². The molecule has 50 heavy (non-hydrogen) atoms. The van der Waals surface area contributed by atoms with Crippen LogP contribution >= 0.6 is 0 Å². The number of nitriles is 1. The number of benzene rings is 2. The Hall–Kier alpha value is -4.29. The number of nitrogens with one attached hydrogen (secondary N) is 2. The zero-order valence-corrected chi connectivity index (χ0v) is 30.1. The summed E-state index contributed by atoms with van der Waals surface area (Å²) in [4.78, 5) is 41.6. The Bertz CT molecular complexity index is 1730. The zero-order valence-electron chi connectivity index (χ0n) is 30.1. The molecule has 2 aromatic carbocycles. The number of ether oxygens (including phenoxy) is 4. The van der Waals surface area contributed by atoms with Gasteiger partial charge in [0.25, 0.3) is 0 Å². The first-order valence-corrected chi connectivity index (χ1v) is 16.9. The predicted molar refractivity (Wildman–Crippen MR) is 180 cm³/mol. The molecule has 270 valence electrons. The van der Waals surface area contributed by atoms with E-state index in [-0.39, 0.29) is 43.8 Å². The minimum Gasteiger partial charge on any atom is -0.507 e. The number of nitrogens with zero attached hydrogens (tertiary/aromatic N) is 3. The Morgan fingerprint density at radius 1 is 1.14 bits per heavy atom. The maximum atomic E-state index is 13.5. The van der Waals surface area contributed by atoms with E-state index in [0.717, 1.165) is 22.3 Å². The highest BCUT2D eigenvalue weighted by molar-refractivity contribution is 5.85. The van der Waals surface area contributed by atoms with E-state index in [1.54, 1.807) is 41.9 Å². The molecule has 0 aliphatic carbocycles. The van der Waals surface area contributed by atoms with E-state index in [1.165, 1.54) is 0 Å². The summed E-state index contributed by atoms with van der Waals surface area (Å²) < 4.78 is 22.8. The van der Waals surface area contributed by atoms with E-state index in [1.807, 2.05) is 20.9 Å². The summed E-state index contributed by atoms with van der Waals surface area (Å²) in [7, 11) is 5.20. The molecule has 0 saturated carbocycles. The van der Waals surface area contributed by atoms with Gasteiger partial charge in [-0.1, -0.05) is 6.07 Å². The standard InChI is InChI=1S/C36H47N5O9/c1-17-10-20-11-23-25(13-37)41-24(29(40(23)7)27(20)33(31(17)46-9)47-16-45-8)12-21-28(32-22(15-48-50-32)18(2)30(21)42)26(41)14-38-34(43)19(3)39-35(44)49-36(4,5)6/h10,19,23-26,29,42H,11-12,14-16H2,1-9H3,(H,38,43)(H,39,44)/t19-,23-,24?,25?,26-,29+/m0/s1. The lowest BCUT2D eigenvalue weighted by atomic mass is 9.71. The molecule has 6 atom stereocenters. The smallest absolute Gasteiger partial charge is 0.408 e. The van der Waals surface area contributed by atoms with Crippen molar-refractivity contribution in [3.63, 3.8) is 0 Å². The number of phenols is 1. The van der Waals surface area contributed by atoms with Crippen molar-refractivity contribution in [3.05, 3.63) is 45.0 Å². The summed E-state index contributed by atoms with van der Waals surface area (Å²) in [6.07, 6.45) is 0.232. The van der Waals surface area contributed by atoms with E-state index in [2.05, 4.69) is 32.6 Å². The van der Waals surface area contributed by atoms with Gasteiger partial charge in [0, 0.05) is 53.6 Å². The third kappa shape index (κ3) is 5.96. The number of piperazine rings is 1. The van der Waals surface area contributed by atoms with Gasteiger partial charge in [-0.05, 0) is 72.6 Å². The lowest BCUT2D eigenvalue weighted by molar-refractivity contribution is -0.195. The number of alkyl carbamates (subject to hydrolysis) is 1. The summed E-state index contributed by atoms with van der Waals surface area (Å²) in [6, 6.07) is 1.73. The van der Waals surface area contributed by atoms with E-state index in [0.29, 0.717) is 46.8 Å². The van der Waals surface area contributed by atoms with Crippen molar-refractivity contribution in [1.29, 1.82) is 5.26 Å². The number of aryl methyl sites for hydroxylation is 1. The van der Waals surface area contributed by atoms with Crippen molar-refractivity contribution in [3.8, 4) is 29.1 Å². The van der Waals surface area contributed by atoms with Crippen LogP contribution in [0.15, 0.2) is 6.07 Å². The molecule has 0 aromatic heterocycles. The largest absolute Gasteiger partial charge is 0.507 e. The second kappa shape index (κ2) is 13.4. The highest BCUT2D eigenvalue weighted by Gasteiger charge is 2.57. The SMILES string of the molecule is COCOc1c(OC)c(C)cc2c1[C@H]1C3Cc4c(O)c(C)c5c(c4[C@H](CNC(=O)[C@H](C)NC(=O)OC(C)(C)C)N3C(C#N)[C@H](C2)N1C)OOC5. The molecule has 4 heterocycles. The van der Waals surface area contributed by atoms with Crippen LogP contribution < -0.4 is 25.0 Å². The van der Waals surface area contributed by atoms with Gasteiger partial charge < -0.3 is 39.6 Å². The molecule has 0 spiro atoms. The number of aromatic hydroxyl groups is 1. The summed E-state index contributed by atoms with van der Waals surface area (Å²) >= 11 is 0. The predicted octanol–water partition coefficient (Wildman–Crippen LogP) is 3.63. The molecule has 3 N–H and O–H groups in total. The van der Waals surface area contributed by atoms with Crippen LogP contribution in [0, 0.1) is 25.2 Å². The van der Waals surface area contributed by atoms with Crippen LogP contribution in [-0.4, -0.2) is 91.3 Å². The quantitative estimate of drug-likeness (QED) is 0.272. The molecule has 1 fully saturated rings. The van der Waals surface area contributed by atoms with E-state index in [4.69, 9.17) is 28.7 Å². The van der Waals surface area contributed by atoms with Crippen LogP contribution in [0.4, 0.5) is 4.79 Å². The Labute approximate surface area is 292 Å². The van der Waals surface area contributed by atoms with Crippen molar-refractivity contribution < 1.29 is 43.4 Å². The van der Waals surface area contributed by atoms with Crippen LogP contribution in [0.25, 0.3) is 0 Å². The number of carbonyl (C=O) groups excluding carboxylic acids is 2. The van der Waals surface area contributed by atoms with Gasteiger partial charge in [-0.25, -0.2) is 4.79 Å². The van der Waals surface area contributed by atoms with Gasteiger partial charge in [-0.3, -0.25) is 14.6 Å². The number of fused-ring (bicyclic) bond motifs is 9. The number of phenolic OH excluding ortho intramolecular Hbond substituents is 1. The number of likely N-dealkylation sites (N-methyl/N-ethyl adjacent to an activating group) is 1. The topological polar surface area (TPSA) is 164 Å². The summed E-state index contributed by atoms with van der Waals surface area (Å²) in [5.74, 6) is 1.38. The van der Waals surface area contributed by atoms with Crippen LogP contribution in [0.3, 0.4) is 0 Å². The van der Waals surface area contributed by atoms with Gasteiger partial charge in [-0.2, -0.15) is 10.1 Å². The minimum absolute atomic E-state index is 0.0117. The first kappa shape index (κ1) is 35.5.